The normalized spacial score (nSPS) is 11.3. The Bertz CT molecular complexity index is 655. The van der Waals surface area contributed by atoms with E-state index in [0.717, 1.165) is 21.8 Å². The quantitative estimate of drug-likeness (QED) is 0.585. The van der Waals surface area contributed by atoms with Gasteiger partial charge in [0.05, 0.1) is 10.5 Å². The van der Waals surface area contributed by atoms with Crippen molar-refractivity contribution in [1.82, 2.24) is 4.98 Å². The van der Waals surface area contributed by atoms with Crippen LogP contribution in [0.1, 0.15) is 0 Å². The fourth-order valence-corrected chi connectivity index (χ4v) is 2.42. The molecule has 0 fully saturated rings. The number of hydrogen-bond acceptors (Lipinski definition) is 0. The van der Waals surface area contributed by atoms with Crippen LogP contribution in [0, 0.1) is 0 Å². The highest BCUT2D eigenvalue weighted by Crippen LogP contribution is 2.32. The average molecular weight is 236 g/mol. The molecule has 1 heterocycles. The van der Waals surface area contributed by atoms with Crippen molar-refractivity contribution in [3.63, 3.8) is 0 Å². The Morgan fingerprint density at radius 3 is 2.60 bits per heavy atom. The number of halogens is 2. The van der Waals surface area contributed by atoms with Crippen molar-refractivity contribution in [3.05, 3.63) is 46.4 Å². The van der Waals surface area contributed by atoms with Crippen molar-refractivity contribution in [2.75, 3.05) is 0 Å². The third kappa shape index (κ3) is 1.31. The SMILES string of the molecule is Clc1cc(Cl)c2[nH]c3ccccc3c2c1. The lowest BCUT2D eigenvalue weighted by atomic mass is 10.1. The first-order chi connectivity index (χ1) is 7.25. The fourth-order valence-electron chi connectivity index (χ4n) is 1.87. The molecular weight excluding hydrogens is 229 g/mol. The molecule has 0 spiro atoms. The summed E-state index contributed by atoms with van der Waals surface area (Å²) in [5.74, 6) is 0. The molecule has 0 unspecified atom stereocenters. The van der Waals surface area contributed by atoms with E-state index < -0.39 is 0 Å². The molecule has 1 nitrogen and oxygen atoms in total. The summed E-state index contributed by atoms with van der Waals surface area (Å²) in [6, 6.07) is 11.8. The zero-order valence-electron chi connectivity index (χ0n) is 7.72. The van der Waals surface area contributed by atoms with Crippen LogP contribution in [0.5, 0.6) is 0 Å². The lowest BCUT2D eigenvalue weighted by Crippen LogP contribution is -1.71. The second-order valence-corrected chi connectivity index (χ2v) is 4.32. The van der Waals surface area contributed by atoms with Gasteiger partial charge in [-0.1, -0.05) is 41.4 Å². The molecule has 0 saturated carbocycles. The summed E-state index contributed by atoms with van der Waals surface area (Å²) in [6.07, 6.45) is 0. The molecule has 0 aliphatic rings. The van der Waals surface area contributed by atoms with Crippen LogP contribution in [-0.2, 0) is 0 Å². The number of H-pyrrole nitrogens is 1. The van der Waals surface area contributed by atoms with E-state index in [4.69, 9.17) is 23.2 Å². The molecule has 0 atom stereocenters. The molecule has 1 aromatic heterocycles. The smallest absolute Gasteiger partial charge is 0.0662 e. The van der Waals surface area contributed by atoms with Crippen LogP contribution < -0.4 is 0 Å². The predicted molar refractivity (Wildman–Crippen MR) is 65.8 cm³/mol. The molecule has 0 aliphatic carbocycles. The number of para-hydroxylation sites is 1. The molecule has 0 radical (unpaired) electrons. The summed E-state index contributed by atoms with van der Waals surface area (Å²) in [4.78, 5) is 3.28. The van der Waals surface area contributed by atoms with Crippen molar-refractivity contribution in [2.45, 2.75) is 0 Å². The molecule has 3 aromatic rings. The third-order valence-electron chi connectivity index (χ3n) is 2.53. The van der Waals surface area contributed by atoms with Crippen LogP contribution in [0.3, 0.4) is 0 Å². The van der Waals surface area contributed by atoms with Gasteiger partial charge in [0.2, 0.25) is 0 Å². The number of aromatic nitrogens is 1. The lowest BCUT2D eigenvalue weighted by Gasteiger charge is -1.95. The van der Waals surface area contributed by atoms with Gasteiger partial charge < -0.3 is 4.98 Å². The molecule has 0 saturated heterocycles. The second-order valence-electron chi connectivity index (χ2n) is 3.48. The van der Waals surface area contributed by atoms with Gasteiger partial charge in [0, 0.05) is 21.3 Å². The van der Waals surface area contributed by atoms with E-state index in [0.29, 0.717) is 10.0 Å². The van der Waals surface area contributed by atoms with Gasteiger partial charge in [-0.3, -0.25) is 0 Å². The van der Waals surface area contributed by atoms with Crippen LogP contribution in [0.25, 0.3) is 21.8 Å². The van der Waals surface area contributed by atoms with Crippen molar-refractivity contribution >= 4 is 45.0 Å². The van der Waals surface area contributed by atoms with Gasteiger partial charge in [-0.2, -0.15) is 0 Å². The largest absolute Gasteiger partial charge is 0.353 e. The molecule has 2 aromatic carbocycles. The standard InChI is InChI=1S/C12H7Cl2N/c13-7-5-9-8-3-1-2-4-11(8)15-12(9)10(14)6-7/h1-6,15H. The minimum atomic E-state index is 0.661. The van der Waals surface area contributed by atoms with E-state index in [-0.39, 0.29) is 0 Å². The average Bonchev–Trinajstić information content (AvgIpc) is 2.57. The third-order valence-corrected chi connectivity index (χ3v) is 3.05. The van der Waals surface area contributed by atoms with E-state index in [2.05, 4.69) is 11.1 Å². The van der Waals surface area contributed by atoms with Crippen molar-refractivity contribution in [2.24, 2.45) is 0 Å². The first-order valence-electron chi connectivity index (χ1n) is 4.61. The van der Waals surface area contributed by atoms with Crippen LogP contribution in [0.4, 0.5) is 0 Å². The predicted octanol–water partition coefficient (Wildman–Crippen LogP) is 4.63. The zero-order chi connectivity index (χ0) is 10.4. The number of nitrogens with one attached hydrogen (secondary N) is 1. The maximum Gasteiger partial charge on any atom is 0.0662 e. The topological polar surface area (TPSA) is 15.8 Å². The van der Waals surface area contributed by atoms with Gasteiger partial charge in [-0.05, 0) is 18.2 Å². The van der Waals surface area contributed by atoms with Crippen LogP contribution in [-0.4, -0.2) is 4.98 Å². The molecule has 74 valence electrons. The molecule has 1 N–H and O–H groups in total. The number of rotatable bonds is 0. The maximum atomic E-state index is 6.12. The molecule has 0 aliphatic heterocycles. The molecular formula is C12H7Cl2N. The monoisotopic (exact) mass is 235 g/mol. The van der Waals surface area contributed by atoms with Crippen molar-refractivity contribution in [1.29, 1.82) is 0 Å². The minimum absolute atomic E-state index is 0.661. The summed E-state index contributed by atoms with van der Waals surface area (Å²) in [5.41, 5.74) is 2.03. The van der Waals surface area contributed by atoms with E-state index >= 15 is 0 Å². The Kier molecular flexibility index (Phi) is 1.91. The van der Waals surface area contributed by atoms with Crippen LogP contribution >= 0.6 is 23.2 Å². The second kappa shape index (κ2) is 3.16. The van der Waals surface area contributed by atoms with Crippen LogP contribution in [0.2, 0.25) is 10.0 Å². The highest BCUT2D eigenvalue weighted by molar-refractivity contribution is 6.39. The van der Waals surface area contributed by atoms with Gasteiger partial charge in [0.25, 0.3) is 0 Å². The van der Waals surface area contributed by atoms with Gasteiger partial charge >= 0.3 is 0 Å². The number of hydrogen-bond donors (Lipinski definition) is 1. The van der Waals surface area contributed by atoms with E-state index in [9.17, 15) is 0 Å². The lowest BCUT2D eigenvalue weighted by molar-refractivity contribution is 1.55. The molecule has 0 bridgehead atoms. The van der Waals surface area contributed by atoms with Crippen molar-refractivity contribution < 1.29 is 0 Å². The Hall–Kier alpha value is -1.18. The first-order valence-corrected chi connectivity index (χ1v) is 5.37. The minimum Gasteiger partial charge on any atom is -0.353 e. The maximum absolute atomic E-state index is 6.12. The summed E-state index contributed by atoms with van der Waals surface area (Å²) in [5, 5.41) is 3.55. The van der Waals surface area contributed by atoms with Gasteiger partial charge in [0.15, 0.2) is 0 Å². The summed E-state index contributed by atoms with van der Waals surface area (Å²) in [7, 11) is 0. The Balaban J connectivity index is 2.61. The van der Waals surface area contributed by atoms with E-state index in [1.165, 1.54) is 0 Å². The molecule has 3 heteroatoms. The number of benzene rings is 2. The number of fused-ring (bicyclic) bond motifs is 3. The molecule has 3 rings (SSSR count). The van der Waals surface area contributed by atoms with Crippen molar-refractivity contribution in [3.8, 4) is 0 Å². The Morgan fingerprint density at radius 2 is 1.73 bits per heavy atom. The van der Waals surface area contributed by atoms with E-state index in [1.807, 2.05) is 24.3 Å². The first kappa shape index (κ1) is 9.08. The van der Waals surface area contributed by atoms with E-state index in [1.54, 1.807) is 6.07 Å². The number of aromatic amines is 1. The zero-order valence-corrected chi connectivity index (χ0v) is 9.23. The van der Waals surface area contributed by atoms with Gasteiger partial charge in [-0.15, -0.1) is 0 Å². The Morgan fingerprint density at radius 1 is 0.933 bits per heavy atom. The summed E-state index contributed by atoms with van der Waals surface area (Å²) < 4.78 is 0. The van der Waals surface area contributed by atoms with Crippen LogP contribution in [0.15, 0.2) is 36.4 Å². The van der Waals surface area contributed by atoms with Gasteiger partial charge in [-0.25, -0.2) is 0 Å². The summed E-state index contributed by atoms with van der Waals surface area (Å²) >= 11 is 12.1. The molecule has 15 heavy (non-hydrogen) atoms. The summed E-state index contributed by atoms with van der Waals surface area (Å²) in [6.45, 7) is 0. The van der Waals surface area contributed by atoms with Gasteiger partial charge in [0.1, 0.15) is 0 Å². The highest BCUT2D eigenvalue weighted by Gasteiger charge is 2.07. The Labute approximate surface area is 96.6 Å². The molecule has 0 amide bonds. The fraction of sp³-hybridized carbons (Fsp3) is 0. The highest BCUT2D eigenvalue weighted by atomic mass is 35.5.